The van der Waals surface area contributed by atoms with Gasteiger partial charge in [0.25, 0.3) is 0 Å². The number of rotatable bonds is 4. The molecule has 4 nitrogen and oxygen atoms in total. The second kappa shape index (κ2) is 6.89. The normalized spacial score (nSPS) is 24.4. The second-order valence-electron chi connectivity index (χ2n) is 7.46. The second-order valence-corrected chi connectivity index (χ2v) is 8.46. The maximum Gasteiger partial charge on any atom is 0.230 e. The van der Waals surface area contributed by atoms with Gasteiger partial charge in [0.1, 0.15) is 0 Å². The Morgan fingerprint density at radius 3 is 2.92 bits per heavy atom. The molecule has 2 aromatic rings. The Bertz CT molecular complexity index is 744. The van der Waals surface area contributed by atoms with Gasteiger partial charge in [0.2, 0.25) is 5.91 Å². The smallest absolute Gasteiger partial charge is 0.230 e. The summed E-state index contributed by atoms with van der Waals surface area (Å²) in [6.07, 6.45) is 6.80. The first-order chi connectivity index (χ1) is 12.2. The van der Waals surface area contributed by atoms with E-state index in [0.717, 1.165) is 51.0 Å². The van der Waals surface area contributed by atoms with E-state index >= 15 is 0 Å². The molecule has 2 fully saturated rings. The van der Waals surface area contributed by atoms with Gasteiger partial charge in [0.15, 0.2) is 0 Å². The first-order valence-corrected chi connectivity index (χ1v) is 9.98. The van der Waals surface area contributed by atoms with E-state index in [-0.39, 0.29) is 5.41 Å². The zero-order chi connectivity index (χ0) is 17.3. The van der Waals surface area contributed by atoms with Crippen molar-refractivity contribution < 1.29 is 4.79 Å². The lowest BCUT2D eigenvalue weighted by Crippen LogP contribution is -2.49. The number of hydrogen-bond donors (Lipinski definition) is 0. The van der Waals surface area contributed by atoms with Crippen LogP contribution in [0.2, 0.25) is 0 Å². The van der Waals surface area contributed by atoms with Crippen LogP contribution >= 0.6 is 11.3 Å². The molecule has 1 unspecified atom stereocenters. The number of nitrogens with zero attached hydrogens (tertiary/aromatic N) is 3. The molecule has 2 aliphatic heterocycles. The zero-order valence-corrected chi connectivity index (χ0v) is 15.6. The average Bonchev–Trinajstić information content (AvgIpc) is 3.21. The van der Waals surface area contributed by atoms with Crippen LogP contribution in [0, 0.1) is 12.3 Å². The van der Waals surface area contributed by atoms with E-state index < -0.39 is 0 Å². The molecule has 2 aromatic heterocycles. The summed E-state index contributed by atoms with van der Waals surface area (Å²) in [5.41, 5.74) is 2.34. The van der Waals surface area contributed by atoms with Crippen LogP contribution in [0.4, 0.5) is 0 Å². The fraction of sp³-hybridized carbons (Fsp3) is 0.500. The lowest BCUT2D eigenvalue weighted by molar-refractivity contribution is -0.146. The van der Waals surface area contributed by atoms with Gasteiger partial charge in [0, 0.05) is 43.4 Å². The molecule has 1 spiro atoms. The predicted molar refractivity (Wildman–Crippen MR) is 100 cm³/mol. The number of hydrogen-bond acceptors (Lipinski definition) is 4. The summed E-state index contributed by atoms with van der Waals surface area (Å²) in [6.45, 7) is 6.68. The zero-order valence-electron chi connectivity index (χ0n) is 14.8. The summed E-state index contributed by atoms with van der Waals surface area (Å²) in [5, 5.41) is 2.16. The highest BCUT2D eigenvalue weighted by Crippen LogP contribution is 2.41. The van der Waals surface area contributed by atoms with Crippen LogP contribution in [0.15, 0.2) is 36.0 Å². The van der Waals surface area contributed by atoms with Crippen molar-refractivity contribution in [3.63, 3.8) is 0 Å². The Labute approximate surface area is 153 Å². The summed E-state index contributed by atoms with van der Waals surface area (Å²) in [7, 11) is 0. The van der Waals surface area contributed by atoms with Crippen molar-refractivity contribution in [1.29, 1.82) is 0 Å². The maximum atomic E-state index is 13.3. The Balaban J connectivity index is 1.44. The molecule has 0 aliphatic carbocycles. The predicted octanol–water partition coefficient (Wildman–Crippen LogP) is 3.47. The molecule has 0 N–H and O–H groups in total. The van der Waals surface area contributed by atoms with E-state index in [9.17, 15) is 4.79 Å². The molecular weight excluding hydrogens is 330 g/mol. The van der Waals surface area contributed by atoms with Gasteiger partial charge in [-0.2, -0.15) is 0 Å². The molecule has 1 atom stereocenters. The summed E-state index contributed by atoms with van der Waals surface area (Å²) in [4.78, 5) is 23.4. The highest BCUT2D eigenvalue weighted by Gasteiger charge is 2.48. The summed E-state index contributed by atoms with van der Waals surface area (Å²) in [6, 6.07) is 6.19. The van der Waals surface area contributed by atoms with Crippen LogP contribution in [0.1, 0.15) is 35.3 Å². The van der Waals surface area contributed by atoms with Crippen LogP contribution in [0.3, 0.4) is 0 Å². The molecule has 0 saturated carbocycles. The first-order valence-electron chi connectivity index (χ1n) is 9.10. The fourth-order valence-corrected chi connectivity index (χ4v) is 5.20. The molecule has 132 valence electrons. The number of amides is 1. The SMILES string of the molecule is Cc1ccsc1CN1CCC2(CCCN(Cc3cccnc3)C2=O)C1. The van der Waals surface area contributed by atoms with E-state index in [0.29, 0.717) is 12.5 Å². The van der Waals surface area contributed by atoms with E-state index in [1.165, 1.54) is 10.4 Å². The van der Waals surface area contributed by atoms with Gasteiger partial charge in [-0.05, 0) is 61.4 Å². The molecule has 2 aliphatic rings. The van der Waals surface area contributed by atoms with Crippen molar-refractivity contribution in [3.05, 3.63) is 52.0 Å². The average molecular weight is 356 g/mol. The number of thiophene rings is 1. The number of piperidine rings is 1. The van der Waals surface area contributed by atoms with Crippen molar-refractivity contribution in [3.8, 4) is 0 Å². The summed E-state index contributed by atoms with van der Waals surface area (Å²) < 4.78 is 0. The van der Waals surface area contributed by atoms with Crippen LogP contribution in [0.5, 0.6) is 0 Å². The van der Waals surface area contributed by atoms with Gasteiger partial charge in [-0.1, -0.05) is 6.07 Å². The molecule has 1 amide bonds. The minimum absolute atomic E-state index is 0.161. The highest BCUT2D eigenvalue weighted by atomic mass is 32.1. The molecule has 0 radical (unpaired) electrons. The molecule has 2 saturated heterocycles. The van der Waals surface area contributed by atoms with Gasteiger partial charge in [-0.25, -0.2) is 0 Å². The molecule has 5 heteroatoms. The Kier molecular flexibility index (Phi) is 4.61. The van der Waals surface area contributed by atoms with Gasteiger partial charge in [0.05, 0.1) is 5.41 Å². The van der Waals surface area contributed by atoms with Crippen molar-refractivity contribution in [2.75, 3.05) is 19.6 Å². The maximum absolute atomic E-state index is 13.3. The standard InChI is InChI=1S/C20H25N3OS/c1-16-5-11-25-18(16)14-22-10-7-20(15-22)6-3-9-23(19(20)24)13-17-4-2-8-21-12-17/h2,4-5,8,11-12H,3,6-7,9-10,13-15H2,1H3. The van der Waals surface area contributed by atoms with Crippen molar-refractivity contribution >= 4 is 17.2 Å². The lowest BCUT2D eigenvalue weighted by atomic mass is 9.78. The lowest BCUT2D eigenvalue weighted by Gasteiger charge is -2.39. The van der Waals surface area contributed by atoms with Crippen molar-refractivity contribution in [2.45, 2.75) is 39.3 Å². The first kappa shape index (κ1) is 16.7. The van der Waals surface area contributed by atoms with Gasteiger partial charge in [-0.3, -0.25) is 14.7 Å². The minimum atomic E-state index is -0.161. The molecule has 4 rings (SSSR count). The fourth-order valence-electron chi connectivity index (χ4n) is 4.26. The molecule has 0 bridgehead atoms. The third kappa shape index (κ3) is 3.35. The summed E-state index contributed by atoms with van der Waals surface area (Å²) in [5.74, 6) is 0.355. The van der Waals surface area contributed by atoms with Gasteiger partial charge < -0.3 is 4.90 Å². The van der Waals surface area contributed by atoms with E-state index in [2.05, 4.69) is 39.2 Å². The molecular formula is C20H25N3OS. The molecule has 0 aromatic carbocycles. The monoisotopic (exact) mass is 355 g/mol. The van der Waals surface area contributed by atoms with Gasteiger partial charge >= 0.3 is 0 Å². The van der Waals surface area contributed by atoms with Crippen LogP contribution in [0.25, 0.3) is 0 Å². The number of likely N-dealkylation sites (tertiary alicyclic amines) is 2. The van der Waals surface area contributed by atoms with E-state index in [4.69, 9.17) is 0 Å². The number of aromatic nitrogens is 1. The van der Waals surface area contributed by atoms with Crippen molar-refractivity contribution in [1.82, 2.24) is 14.8 Å². The third-order valence-corrected chi connectivity index (χ3v) is 6.70. The number of pyridine rings is 1. The minimum Gasteiger partial charge on any atom is -0.338 e. The van der Waals surface area contributed by atoms with Crippen LogP contribution < -0.4 is 0 Å². The topological polar surface area (TPSA) is 36.4 Å². The number of carbonyl (C=O) groups is 1. The molecule has 25 heavy (non-hydrogen) atoms. The van der Waals surface area contributed by atoms with Crippen LogP contribution in [-0.4, -0.2) is 40.3 Å². The third-order valence-electron chi connectivity index (χ3n) is 5.69. The van der Waals surface area contributed by atoms with E-state index in [1.807, 2.05) is 23.6 Å². The Morgan fingerprint density at radius 1 is 1.24 bits per heavy atom. The van der Waals surface area contributed by atoms with Gasteiger partial charge in [-0.15, -0.1) is 11.3 Å². The number of carbonyl (C=O) groups excluding carboxylic acids is 1. The van der Waals surface area contributed by atoms with Crippen LogP contribution in [-0.2, 0) is 17.9 Å². The largest absolute Gasteiger partial charge is 0.338 e. The highest BCUT2D eigenvalue weighted by molar-refractivity contribution is 7.10. The quantitative estimate of drug-likeness (QED) is 0.843. The molecule has 4 heterocycles. The Hall–Kier alpha value is -1.72. The Morgan fingerprint density at radius 2 is 2.16 bits per heavy atom. The van der Waals surface area contributed by atoms with Crippen molar-refractivity contribution in [2.24, 2.45) is 5.41 Å². The number of aryl methyl sites for hydroxylation is 1. The van der Waals surface area contributed by atoms with E-state index in [1.54, 1.807) is 6.20 Å². The summed E-state index contributed by atoms with van der Waals surface area (Å²) >= 11 is 1.83.